The number of nitrogens with one attached hydrogen (secondary N) is 1. The van der Waals surface area contributed by atoms with Crippen LogP contribution in [-0.4, -0.2) is 11.7 Å². The fourth-order valence-electron chi connectivity index (χ4n) is 2.21. The van der Waals surface area contributed by atoms with E-state index in [0.29, 0.717) is 15.1 Å². The maximum atomic E-state index is 9.60. The molecule has 0 aliphatic carbocycles. The van der Waals surface area contributed by atoms with Gasteiger partial charge in [0.2, 0.25) is 0 Å². The smallest absolute Gasteiger partial charge is 0.0781 e. The van der Waals surface area contributed by atoms with Crippen LogP contribution in [0.3, 0.4) is 0 Å². The second-order valence-electron chi connectivity index (χ2n) is 4.80. The molecule has 0 spiro atoms. The molecule has 2 N–H and O–H groups in total. The van der Waals surface area contributed by atoms with Gasteiger partial charge in [-0.25, -0.2) is 0 Å². The molecule has 0 amide bonds. The maximum Gasteiger partial charge on any atom is 0.0781 e. The number of aliphatic hydroxyl groups excluding tert-OH is 1. The first kappa shape index (κ1) is 16.6. The zero-order valence-corrected chi connectivity index (χ0v) is 13.8. The number of benzene rings is 2. The lowest BCUT2D eigenvalue weighted by Crippen LogP contribution is -2.27. The molecular formula is C16H16Cl3NO. The highest BCUT2D eigenvalue weighted by atomic mass is 35.5. The fourth-order valence-corrected chi connectivity index (χ4v) is 2.91. The Kier molecular flexibility index (Phi) is 5.91. The number of hydrogen-bond acceptors (Lipinski definition) is 2. The molecule has 2 unspecified atom stereocenters. The summed E-state index contributed by atoms with van der Waals surface area (Å²) < 4.78 is 0. The van der Waals surface area contributed by atoms with E-state index in [1.54, 1.807) is 6.07 Å². The standard InChI is InChI=1S/C16H16Cl3NO/c1-10(12-7-8-13(17)16(19)15(12)18)20-14(9-21)11-5-3-2-4-6-11/h2-8,10,14,20-21H,9H2,1H3. The van der Waals surface area contributed by atoms with E-state index in [0.717, 1.165) is 11.1 Å². The molecule has 0 saturated carbocycles. The van der Waals surface area contributed by atoms with Gasteiger partial charge in [0.15, 0.2) is 0 Å². The van der Waals surface area contributed by atoms with Crippen LogP contribution in [0.2, 0.25) is 15.1 Å². The first-order valence-electron chi connectivity index (χ1n) is 6.59. The van der Waals surface area contributed by atoms with Crippen LogP contribution in [0.4, 0.5) is 0 Å². The Balaban J connectivity index is 2.21. The summed E-state index contributed by atoms with van der Waals surface area (Å²) >= 11 is 18.3. The van der Waals surface area contributed by atoms with E-state index in [1.165, 1.54) is 0 Å². The maximum absolute atomic E-state index is 9.60. The Labute approximate surface area is 139 Å². The topological polar surface area (TPSA) is 32.3 Å². The third-order valence-corrected chi connectivity index (χ3v) is 4.68. The molecule has 21 heavy (non-hydrogen) atoms. The molecule has 0 radical (unpaired) electrons. The summed E-state index contributed by atoms with van der Waals surface area (Å²) in [5.41, 5.74) is 1.86. The number of aliphatic hydroxyl groups is 1. The van der Waals surface area contributed by atoms with Gasteiger partial charge >= 0.3 is 0 Å². The molecule has 5 heteroatoms. The molecule has 2 aromatic carbocycles. The highest BCUT2D eigenvalue weighted by molar-refractivity contribution is 6.48. The molecule has 2 atom stereocenters. The van der Waals surface area contributed by atoms with Crippen molar-refractivity contribution < 1.29 is 5.11 Å². The Hall–Kier alpha value is -0.770. The van der Waals surface area contributed by atoms with E-state index in [4.69, 9.17) is 34.8 Å². The lowest BCUT2D eigenvalue weighted by Gasteiger charge is -2.23. The monoisotopic (exact) mass is 343 g/mol. The van der Waals surface area contributed by atoms with Gasteiger partial charge in [-0.2, -0.15) is 0 Å². The summed E-state index contributed by atoms with van der Waals surface area (Å²) in [5, 5.41) is 14.2. The van der Waals surface area contributed by atoms with E-state index < -0.39 is 0 Å². The summed E-state index contributed by atoms with van der Waals surface area (Å²) in [5.74, 6) is 0. The van der Waals surface area contributed by atoms with Crippen LogP contribution < -0.4 is 5.32 Å². The van der Waals surface area contributed by atoms with Crippen molar-refractivity contribution in [2.75, 3.05) is 6.61 Å². The van der Waals surface area contributed by atoms with Crippen LogP contribution in [0.1, 0.15) is 30.1 Å². The second kappa shape index (κ2) is 7.48. The van der Waals surface area contributed by atoms with Gasteiger partial charge in [0.25, 0.3) is 0 Å². The van der Waals surface area contributed by atoms with Gasteiger partial charge in [0, 0.05) is 6.04 Å². The van der Waals surface area contributed by atoms with Crippen molar-refractivity contribution in [3.8, 4) is 0 Å². The number of rotatable bonds is 5. The lowest BCUT2D eigenvalue weighted by molar-refractivity contribution is 0.235. The fraction of sp³-hybridized carbons (Fsp3) is 0.250. The van der Waals surface area contributed by atoms with Crippen LogP contribution in [0, 0.1) is 0 Å². The third kappa shape index (κ3) is 3.91. The predicted octanol–water partition coefficient (Wildman–Crippen LogP) is 5.03. The predicted molar refractivity (Wildman–Crippen MR) is 89.3 cm³/mol. The summed E-state index contributed by atoms with van der Waals surface area (Å²) in [6.45, 7) is 1.96. The van der Waals surface area contributed by atoms with Crippen molar-refractivity contribution in [3.05, 3.63) is 68.7 Å². The van der Waals surface area contributed by atoms with Crippen molar-refractivity contribution in [3.63, 3.8) is 0 Å². The first-order chi connectivity index (χ1) is 10.0. The minimum atomic E-state index is -0.174. The highest BCUT2D eigenvalue weighted by Crippen LogP contribution is 2.36. The van der Waals surface area contributed by atoms with Gasteiger partial charge in [-0.05, 0) is 24.1 Å². The number of halogens is 3. The van der Waals surface area contributed by atoms with Crippen LogP contribution in [0.15, 0.2) is 42.5 Å². The molecule has 0 aliphatic rings. The molecule has 0 aromatic heterocycles. The van der Waals surface area contributed by atoms with Gasteiger partial charge < -0.3 is 10.4 Å². The van der Waals surface area contributed by atoms with E-state index >= 15 is 0 Å². The molecular weight excluding hydrogens is 329 g/mol. The highest BCUT2D eigenvalue weighted by Gasteiger charge is 2.18. The molecule has 0 saturated heterocycles. The quantitative estimate of drug-likeness (QED) is 0.745. The van der Waals surface area contributed by atoms with Crippen LogP contribution >= 0.6 is 34.8 Å². The normalized spacial score (nSPS) is 14.0. The average molecular weight is 345 g/mol. The summed E-state index contributed by atoms with van der Waals surface area (Å²) in [6.07, 6.45) is 0. The van der Waals surface area contributed by atoms with E-state index in [1.807, 2.05) is 43.3 Å². The van der Waals surface area contributed by atoms with E-state index in [9.17, 15) is 5.11 Å². The molecule has 0 aliphatic heterocycles. The first-order valence-corrected chi connectivity index (χ1v) is 7.73. The summed E-state index contributed by atoms with van der Waals surface area (Å²) in [6, 6.07) is 13.1. The van der Waals surface area contributed by atoms with Crippen molar-refractivity contribution in [1.82, 2.24) is 5.32 Å². The minimum absolute atomic E-state index is 0.00665. The molecule has 0 fully saturated rings. The largest absolute Gasteiger partial charge is 0.394 e. The summed E-state index contributed by atoms with van der Waals surface area (Å²) in [4.78, 5) is 0. The molecule has 2 rings (SSSR count). The Bertz CT molecular complexity index is 604. The Morgan fingerprint density at radius 2 is 1.67 bits per heavy atom. The van der Waals surface area contributed by atoms with Crippen LogP contribution in [0.25, 0.3) is 0 Å². The van der Waals surface area contributed by atoms with Crippen molar-refractivity contribution in [1.29, 1.82) is 0 Å². The van der Waals surface area contributed by atoms with Gasteiger partial charge in [-0.1, -0.05) is 71.2 Å². The second-order valence-corrected chi connectivity index (χ2v) is 5.96. The van der Waals surface area contributed by atoms with Crippen molar-refractivity contribution in [2.45, 2.75) is 19.0 Å². The molecule has 112 valence electrons. The zero-order chi connectivity index (χ0) is 15.4. The summed E-state index contributed by atoms with van der Waals surface area (Å²) in [7, 11) is 0. The van der Waals surface area contributed by atoms with Gasteiger partial charge in [-0.15, -0.1) is 0 Å². The molecule has 2 aromatic rings. The lowest BCUT2D eigenvalue weighted by atomic mass is 10.0. The van der Waals surface area contributed by atoms with Crippen molar-refractivity contribution >= 4 is 34.8 Å². The molecule has 0 heterocycles. The van der Waals surface area contributed by atoms with Gasteiger partial charge in [-0.3, -0.25) is 0 Å². The number of hydrogen-bond donors (Lipinski definition) is 2. The van der Waals surface area contributed by atoms with Crippen molar-refractivity contribution in [2.24, 2.45) is 0 Å². The van der Waals surface area contributed by atoms with Crippen LogP contribution in [0.5, 0.6) is 0 Å². The SMILES string of the molecule is CC(NC(CO)c1ccccc1)c1ccc(Cl)c(Cl)c1Cl. The Morgan fingerprint density at radius 3 is 2.29 bits per heavy atom. The minimum Gasteiger partial charge on any atom is -0.394 e. The zero-order valence-electron chi connectivity index (χ0n) is 11.5. The van der Waals surface area contributed by atoms with Crippen LogP contribution in [-0.2, 0) is 0 Å². The molecule has 0 bridgehead atoms. The van der Waals surface area contributed by atoms with E-state index in [-0.39, 0.29) is 18.7 Å². The van der Waals surface area contributed by atoms with Gasteiger partial charge in [0.05, 0.1) is 27.7 Å². The third-order valence-electron chi connectivity index (χ3n) is 3.37. The average Bonchev–Trinajstić information content (AvgIpc) is 2.51. The Morgan fingerprint density at radius 1 is 1.00 bits per heavy atom. The molecule has 2 nitrogen and oxygen atoms in total. The van der Waals surface area contributed by atoms with E-state index in [2.05, 4.69) is 5.32 Å². The van der Waals surface area contributed by atoms with Gasteiger partial charge in [0.1, 0.15) is 0 Å².